The van der Waals surface area contributed by atoms with Gasteiger partial charge in [-0.3, -0.25) is 10.00 Å². The van der Waals surface area contributed by atoms with Crippen LogP contribution in [0.1, 0.15) is 6.42 Å². The maximum atomic E-state index is 12.4. The first-order valence-corrected chi connectivity index (χ1v) is 8.64. The van der Waals surface area contributed by atoms with Crippen molar-refractivity contribution in [2.24, 2.45) is 7.05 Å². The number of amides is 2. The Bertz CT molecular complexity index is 873. The number of furan rings is 1. The minimum atomic E-state index is -0.223. The van der Waals surface area contributed by atoms with Gasteiger partial charge in [0.05, 0.1) is 6.26 Å². The van der Waals surface area contributed by atoms with E-state index in [2.05, 4.69) is 32.8 Å². The van der Waals surface area contributed by atoms with Crippen molar-refractivity contribution in [1.29, 1.82) is 0 Å². The fraction of sp³-hybridized carbons (Fsp3) is 0.263. The summed E-state index contributed by atoms with van der Waals surface area (Å²) >= 11 is 0. The van der Waals surface area contributed by atoms with Crippen LogP contribution in [0.4, 0.5) is 16.3 Å². The molecule has 0 saturated carbocycles. The van der Waals surface area contributed by atoms with Gasteiger partial charge in [0, 0.05) is 37.9 Å². The maximum Gasteiger partial charge on any atom is 0.320 e. The summed E-state index contributed by atoms with van der Waals surface area (Å²) in [5.41, 5.74) is 1.87. The molecule has 2 N–H and O–H groups in total. The summed E-state index contributed by atoms with van der Waals surface area (Å²) in [7, 11) is 1.79. The number of benzene rings is 1. The number of aromatic nitrogens is 2. The first-order valence-electron chi connectivity index (χ1n) is 8.64. The third-order valence-corrected chi connectivity index (χ3v) is 4.54. The second-order valence-electron chi connectivity index (χ2n) is 6.38. The molecule has 7 heteroatoms. The molecule has 1 atom stereocenters. The van der Waals surface area contributed by atoms with Crippen LogP contribution in [0.25, 0.3) is 11.5 Å². The van der Waals surface area contributed by atoms with Gasteiger partial charge >= 0.3 is 6.03 Å². The Morgan fingerprint density at radius 1 is 1.23 bits per heavy atom. The maximum absolute atomic E-state index is 12.4. The Hall–Kier alpha value is -3.22. The molecule has 0 radical (unpaired) electrons. The SMILES string of the molecule is Cn1nc(-c2ccco2)cc1NC(=O)N[C@@H]1CCN(c2ccccc2)C1. The topological polar surface area (TPSA) is 75.3 Å². The van der Waals surface area contributed by atoms with Crippen LogP contribution in [0.15, 0.2) is 59.2 Å². The monoisotopic (exact) mass is 351 g/mol. The molecule has 3 heterocycles. The van der Waals surface area contributed by atoms with Gasteiger partial charge < -0.3 is 14.6 Å². The van der Waals surface area contributed by atoms with E-state index in [1.807, 2.05) is 30.3 Å². The van der Waals surface area contributed by atoms with Gasteiger partial charge in [-0.05, 0) is 30.7 Å². The number of nitrogens with one attached hydrogen (secondary N) is 2. The molecule has 0 aliphatic carbocycles. The molecule has 0 spiro atoms. The molecule has 0 unspecified atom stereocenters. The molecule has 2 aromatic heterocycles. The van der Waals surface area contributed by atoms with Crippen LogP contribution in [0.2, 0.25) is 0 Å². The standard InChI is InChI=1S/C19H21N5O2/c1-23-18(12-16(22-23)17-8-5-11-26-17)21-19(25)20-14-9-10-24(13-14)15-6-3-2-4-7-15/h2-8,11-12,14H,9-10,13H2,1H3,(H2,20,21,25)/t14-/m1/s1. The van der Waals surface area contributed by atoms with Crippen LogP contribution < -0.4 is 15.5 Å². The molecule has 4 rings (SSSR count). The summed E-state index contributed by atoms with van der Waals surface area (Å²) in [6.45, 7) is 1.74. The van der Waals surface area contributed by atoms with Gasteiger partial charge in [0.1, 0.15) is 11.5 Å². The van der Waals surface area contributed by atoms with Crippen LogP contribution in [0.5, 0.6) is 0 Å². The Morgan fingerprint density at radius 2 is 2.08 bits per heavy atom. The predicted molar refractivity (Wildman–Crippen MR) is 100 cm³/mol. The largest absolute Gasteiger partial charge is 0.463 e. The fourth-order valence-corrected chi connectivity index (χ4v) is 3.22. The lowest BCUT2D eigenvalue weighted by molar-refractivity contribution is 0.249. The van der Waals surface area contributed by atoms with Crippen LogP contribution in [0, 0.1) is 0 Å². The highest BCUT2D eigenvalue weighted by Gasteiger charge is 2.24. The van der Waals surface area contributed by atoms with Crippen LogP contribution in [0.3, 0.4) is 0 Å². The first kappa shape index (κ1) is 16.3. The average molecular weight is 351 g/mol. The Balaban J connectivity index is 1.35. The molecule has 1 saturated heterocycles. The van der Waals surface area contributed by atoms with E-state index in [-0.39, 0.29) is 12.1 Å². The fourth-order valence-electron chi connectivity index (χ4n) is 3.22. The number of carbonyl (C=O) groups excluding carboxylic acids is 1. The molecular formula is C19H21N5O2. The molecule has 134 valence electrons. The normalized spacial score (nSPS) is 16.7. The molecular weight excluding hydrogens is 330 g/mol. The molecule has 3 aromatic rings. The van der Waals surface area contributed by atoms with Crippen molar-refractivity contribution >= 4 is 17.5 Å². The summed E-state index contributed by atoms with van der Waals surface area (Å²) in [5, 5.41) is 10.3. The summed E-state index contributed by atoms with van der Waals surface area (Å²) in [5.74, 6) is 1.29. The van der Waals surface area contributed by atoms with E-state index < -0.39 is 0 Å². The van der Waals surface area contributed by atoms with E-state index in [1.54, 1.807) is 24.1 Å². The summed E-state index contributed by atoms with van der Waals surface area (Å²) in [6.07, 6.45) is 2.52. The minimum absolute atomic E-state index is 0.118. The highest BCUT2D eigenvalue weighted by atomic mass is 16.3. The molecule has 1 fully saturated rings. The van der Waals surface area contributed by atoms with Gasteiger partial charge in [0.15, 0.2) is 5.76 Å². The van der Waals surface area contributed by atoms with Crippen molar-refractivity contribution in [2.75, 3.05) is 23.3 Å². The second-order valence-corrected chi connectivity index (χ2v) is 6.38. The zero-order valence-electron chi connectivity index (χ0n) is 14.6. The molecule has 1 aliphatic rings. The van der Waals surface area contributed by atoms with E-state index in [4.69, 9.17) is 4.42 Å². The molecule has 2 amide bonds. The van der Waals surface area contributed by atoms with Gasteiger partial charge in [-0.25, -0.2) is 4.79 Å². The van der Waals surface area contributed by atoms with Crippen LogP contribution in [-0.4, -0.2) is 34.9 Å². The van der Waals surface area contributed by atoms with Gasteiger partial charge in [-0.2, -0.15) is 5.10 Å². The number of hydrogen-bond acceptors (Lipinski definition) is 4. The van der Waals surface area contributed by atoms with Crippen molar-refractivity contribution in [1.82, 2.24) is 15.1 Å². The van der Waals surface area contributed by atoms with E-state index >= 15 is 0 Å². The third kappa shape index (κ3) is 3.42. The third-order valence-electron chi connectivity index (χ3n) is 4.54. The van der Waals surface area contributed by atoms with E-state index in [1.165, 1.54) is 5.69 Å². The smallest absolute Gasteiger partial charge is 0.320 e. The number of rotatable bonds is 4. The summed E-state index contributed by atoms with van der Waals surface area (Å²) < 4.78 is 6.97. The molecule has 0 bridgehead atoms. The molecule has 7 nitrogen and oxygen atoms in total. The number of urea groups is 1. The van der Waals surface area contributed by atoms with Crippen LogP contribution >= 0.6 is 0 Å². The number of anilines is 2. The van der Waals surface area contributed by atoms with Crippen LogP contribution in [-0.2, 0) is 7.05 Å². The Morgan fingerprint density at radius 3 is 2.85 bits per heavy atom. The molecule has 26 heavy (non-hydrogen) atoms. The van der Waals surface area contributed by atoms with Gasteiger partial charge in [-0.1, -0.05) is 18.2 Å². The van der Waals surface area contributed by atoms with E-state index in [0.717, 1.165) is 19.5 Å². The highest BCUT2D eigenvalue weighted by Crippen LogP contribution is 2.22. The first-order chi connectivity index (χ1) is 12.7. The lowest BCUT2D eigenvalue weighted by Gasteiger charge is -2.19. The molecule has 1 aliphatic heterocycles. The zero-order valence-corrected chi connectivity index (χ0v) is 14.6. The number of nitrogens with zero attached hydrogens (tertiary/aromatic N) is 3. The van der Waals surface area contributed by atoms with Crippen molar-refractivity contribution in [2.45, 2.75) is 12.5 Å². The van der Waals surface area contributed by atoms with E-state index in [0.29, 0.717) is 17.3 Å². The Labute approximate surface area is 151 Å². The van der Waals surface area contributed by atoms with Gasteiger partial charge in [0.2, 0.25) is 0 Å². The van der Waals surface area contributed by atoms with Gasteiger partial charge in [-0.15, -0.1) is 0 Å². The second kappa shape index (κ2) is 6.95. The lowest BCUT2D eigenvalue weighted by atomic mass is 10.3. The molecule has 1 aromatic carbocycles. The minimum Gasteiger partial charge on any atom is -0.463 e. The quantitative estimate of drug-likeness (QED) is 0.757. The van der Waals surface area contributed by atoms with Crippen molar-refractivity contribution < 1.29 is 9.21 Å². The number of para-hydroxylation sites is 1. The predicted octanol–water partition coefficient (Wildman–Crippen LogP) is 3.08. The number of aryl methyl sites for hydroxylation is 1. The summed E-state index contributed by atoms with van der Waals surface area (Å²) in [6, 6.07) is 15.6. The average Bonchev–Trinajstić information content (AvgIpc) is 3.38. The van der Waals surface area contributed by atoms with Crippen molar-refractivity contribution in [3.63, 3.8) is 0 Å². The Kier molecular flexibility index (Phi) is 4.35. The van der Waals surface area contributed by atoms with Crippen molar-refractivity contribution in [3.8, 4) is 11.5 Å². The van der Waals surface area contributed by atoms with E-state index in [9.17, 15) is 4.79 Å². The number of hydrogen-bond donors (Lipinski definition) is 2. The summed E-state index contributed by atoms with van der Waals surface area (Å²) in [4.78, 5) is 14.6. The lowest BCUT2D eigenvalue weighted by Crippen LogP contribution is -2.40. The highest BCUT2D eigenvalue weighted by molar-refractivity contribution is 5.89. The zero-order chi connectivity index (χ0) is 17.9. The number of carbonyl (C=O) groups is 1. The van der Waals surface area contributed by atoms with Crippen molar-refractivity contribution in [3.05, 3.63) is 54.8 Å². The van der Waals surface area contributed by atoms with Gasteiger partial charge in [0.25, 0.3) is 0 Å².